The predicted molar refractivity (Wildman–Crippen MR) is 94.0 cm³/mol. The third-order valence-electron chi connectivity index (χ3n) is 3.82. The molecule has 23 heavy (non-hydrogen) atoms. The van der Waals surface area contributed by atoms with Gasteiger partial charge < -0.3 is 10.6 Å². The Kier molecular flexibility index (Phi) is 7.98. The van der Waals surface area contributed by atoms with E-state index in [0.717, 1.165) is 32.4 Å². The molecule has 0 bridgehead atoms. The zero-order valence-corrected chi connectivity index (χ0v) is 14.6. The maximum atomic E-state index is 12.0. The van der Waals surface area contributed by atoms with Crippen molar-refractivity contribution >= 4 is 34.0 Å². The van der Waals surface area contributed by atoms with E-state index in [-0.39, 0.29) is 24.1 Å². The molecule has 0 saturated carbocycles. The first-order valence-corrected chi connectivity index (χ1v) is 9.24. The molecule has 0 aromatic heterocycles. The highest BCUT2D eigenvalue weighted by molar-refractivity contribution is 7.88. The Morgan fingerprint density at radius 2 is 2.00 bits per heavy atom. The summed E-state index contributed by atoms with van der Waals surface area (Å²) in [5.74, 6) is 0.346. The Hall–Kier alpha value is -1.15. The fourth-order valence-corrected chi connectivity index (χ4v) is 3.34. The average molecular weight is 362 g/mol. The SMILES string of the molecule is Cl.NS(=O)(=O)Cc1cccc(NC(=O)CCC2CCNCC2)c1. The fourth-order valence-electron chi connectivity index (χ4n) is 2.70. The topological polar surface area (TPSA) is 101 Å². The summed E-state index contributed by atoms with van der Waals surface area (Å²) in [6.45, 7) is 2.06. The molecule has 1 saturated heterocycles. The maximum Gasteiger partial charge on any atom is 0.224 e. The molecular formula is C15H24ClN3O3S. The molecule has 0 atom stereocenters. The van der Waals surface area contributed by atoms with Gasteiger partial charge in [-0.1, -0.05) is 12.1 Å². The van der Waals surface area contributed by atoms with Crippen LogP contribution in [0.2, 0.25) is 0 Å². The Morgan fingerprint density at radius 3 is 2.65 bits per heavy atom. The number of rotatable bonds is 6. The number of carbonyl (C=O) groups excluding carboxylic acids is 1. The quantitative estimate of drug-likeness (QED) is 0.716. The van der Waals surface area contributed by atoms with E-state index in [1.165, 1.54) is 0 Å². The van der Waals surface area contributed by atoms with Crippen molar-refractivity contribution in [2.45, 2.75) is 31.4 Å². The minimum Gasteiger partial charge on any atom is -0.326 e. The first-order chi connectivity index (χ1) is 10.4. The third kappa shape index (κ3) is 7.78. The molecule has 1 aromatic carbocycles. The summed E-state index contributed by atoms with van der Waals surface area (Å²) in [5, 5.41) is 11.2. The van der Waals surface area contributed by atoms with Gasteiger partial charge in [0.15, 0.2) is 0 Å². The number of sulfonamides is 1. The summed E-state index contributed by atoms with van der Waals surface area (Å²) in [5.41, 5.74) is 1.18. The summed E-state index contributed by atoms with van der Waals surface area (Å²) in [6, 6.07) is 6.78. The van der Waals surface area contributed by atoms with Crippen LogP contribution in [-0.4, -0.2) is 27.4 Å². The lowest BCUT2D eigenvalue weighted by Crippen LogP contribution is -2.28. The van der Waals surface area contributed by atoms with Gasteiger partial charge >= 0.3 is 0 Å². The van der Waals surface area contributed by atoms with Crippen molar-refractivity contribution in [2.24, 2.45) is 11.1 Å². The molecule has 0 unspecified atom stereocenters. The Labute approximate surface area is 143 Å². The number of benzene rings is 1. The Balaban J connectivity index is 0.00000264. The second-order valence-electron chi connectivity index (χ2n) is 5.79. The number of hydrogen-bond donors (Lipinski definition) is 3. The molecule has 0 aliphatic carbocycles. The number of amides is 1. The van der Waals surface area contributed by atoms with E-state index in [4.69, 9.17) is 5.14 Å². The van der Waals surface area contributed by atoms with Crippen LogP contribution in [0.1, 0.15) is 31.2 Å². The van der Waals surface area contributed by atoms with E-state index in [1.54, 1.807) is 24.3 Å². The second-order valence-corrected chi connectivity index (χ2v) is 7.40. The lowest BCUT2D eigenvalue weighted by atomic mass is 9.93. The predicted octanol–water partition coefficient (Wildman–Crippen LogP) is 1.62. The van der Waals surface area contributed by atoms with Gasteiger partial charge in [-0.25, -0.2) is 13.6 Å². The van der Waals surface area contributed by atoms with Gasteiger partial charge in [-0.05, 0) is 56.0 Å². The number of hydrogen-bond acceptors (Lipinski definition) is 4. The molecule has 2 rings (SSSR count). The number of piperidine rings is 1. The minimum atomic E-state index is -3.57. The molecule has 130 valence electrons. The highest BCUT2D eigenvalue weighted by Gasteiger charge is 2.14. The molecule has 4 N–H and O–H groups in total. The van der Waals surface area contributed by atoms with Gasteiger partial charge in [-0.2, -0.15) is 0 Å². The normalized spacial score (nSPS) is 15.7. The van der Waals surface area contributed by atoms with Gasteiger partial charge in [0.05, 0.1) is 5.75 Å². The summed E-state index contributed by atoms with van der Waals surface area (Å²) < 4.78 is 22.2. The van der Waals surface area contributed by atoms with Crippen molar-refractivity contribution in [3.8, 4) is 0 Å². The maximum absolute atomic E-state index is 12.0. The van der Waals surface area contributed by atoms with Crippen LogP contribution in [0.3, 0.4) is 0 Å². The number of carbonyl (C=O) groups is 1. The van der Waals surface area contributed by atoms with E-state index in [2.05, 4.69) is 10.6 Å². The number of halogens is 1. The van der Waals surface area contributed by atoms with Gasteiger partial charge in [0.1, 0.15) is 0 Å². The molecule has 1 amide bonds. The van der Waals surface area contributed by atoms with E-state index < -0.39 is 10.0 Å². The van der Waals surface area contributed by atoms with Crippen molar-refractivity contribution in [1.82, 2.24) is 5.32 Å². The lowest BCUT2D eigenvalue weighted by Gasteiger charge is -2.22. The van der Waals surface area contributed by atoms with Crippen LogP contribution in [0.4, 0.5) is 5.69 Å². The van der Waals surface area contributed by atoms with E-state index in [9.17, 15) is 13.2 Å². The van der Waals surface area contributed by atoms with Crippen molar-refractivity contribution in [3.63, 3.8) is 0 Å². The van der Waals surface area contributed by atoms with Gasteiger partial charge in [0, 0.05) is 12.1 Å². The zero-order valence-electron chi connectivity index (χ0n) is 13.0. The molecule has 6 nitrogen and oxygen atoms in total. The van der Waals surface area contributed by atoms with E-state index in [1.807, 2.05) is 0 Å². The molecule has 1 aromatic rings. The van der Waals surface area contributed by atoms with Crippen LogP contribution in [0.5, 0.6) is 0 Å². The summed E-state index contributed by atoms with van der Waals surface area (Å²) >= 11 is 0. The molecule has 0 radical (unpaired) electrons. The van der Waals surface area contributed by atoms with Crippen LogP contribution in [0, 0.1) is 5.92 Å². The highest BCUT2D eigenvalue weighted by Crippen LogP contribution is 2.19. The summed E-state index contributed by atoms with van der Waals surface area (Å²) in [4.78, 5) is 12.0. The van der Waals surface area contributed by atoms with Gasteiger partial charge in [0.25, 0.3) is 0 Å². The number of anilines is 1. The van der Waals surface area contributed by atoms with Crippen molar-refractivity contribution in [3.05, 3.63) is 29.8 Å². The van der Waals surface area contributed by atoms with Crippen LogP contribution in [-0.2, 0) is 20.6 Å². The smallest absolute Gasteiger partial charge is 0.224 e. The van der Waals surface area contributed by atoms with E-state index >= 15 is 0 Å². The lowest BCUT2D eigenvalue weighted by molar-refractivity contribution is -0.116. The first-order valence-electron chi connectivity index (χ1n) is 7.52. The van der Waals surface area contributed by atoms with E-state index in [0.29, 0.717) is 23.6 Å². The Bertz CT molecular complexity index is 616. The minimum absolute atomic E-state index is 0. The number of nitrogens with two attached hydrogens (primary N) is 1. The molecule has 1 heterocycles. The second kappa shape index (κ2) is 9.22. The summed E-state index contributed by atoms with van der Waals surface area (Å²) in [7, 11) is -3.57. The van der Waals surface area contributed by atoms with Gasteiger partial charge in [-0.15, -0.1) is 12.4 Å². The monoisotopic (exact) mass is 361 g/mol. The molecule has 1 aliphatic rings. The molecule has 0 spiro atoms. The molecular weight excluding hydrogens is 338 g/mol. The highest BCUT2D eigenvalue weighted by atomic mass is 35.5. The number of nitrogens with one attached hydrogen (secondary N) is 2. The van der Waals surface area contributed by atoms with Crippen molar-refractivity contribution < 1.29 is 13.2 Å². The standard InChI is InChI=1S/C15H23N3O3S.ClH/c16-22(20,21)11-13-2-1-3-14(10-13)18-15(19)5-4-12-6-8-17-9-7-12;/h1-3,10,12,17H,4-9,11H2,(H,18,19)(H2,16,20,21);1H. The fraction of sp³-hybridized carbons (Fsp3) is 0.533. The summed E-state index contributed by atoms with van der Waals surface area (Å²) in [6.07, 6.45) is 3.63. The van der Waals surface area contributed by atoms with Gasteiger partial charge in [-0.3, -0.25) is 4.79 Å². The van der Waals surface area contributed by atoms with Crippen molar-refractivity contribution in [1.29, 1.82) is 0 Å². The molecule has 8 heteroatoms. The van der Waals surface area contributed by atoms with Crippen molar-refractivity contribution in [2.75, 3.05) is 18.4 Å². The van der Waals surface area contributed by atoms with Crippen LogP contribution in [0.25, 0.3) is 0 Å². The van der Waals surface area contributed by atoms with Crippen LogP contribution in [0.15, 0.2) is 24.3 Å². The number of primary sulfonamides is 1. The molecule has 1 fully saturated rings. The average Bonchev–Trinajstić information content (AvgIpc) is 2.45. The molecule has 1 aliphatic heterocycles. The first kappa shape index (κ1) is 19.9. The van der Waals surface area contributed by atoms with Crippen LogP contribution >= 0.6 is 12.4 Å². The van der Waals surface area contributed by atoms with Gasteiger partial charge in [0.2, 0.25) is 15.9 Å². The van der Waals surface area contributed by atoms with Crippen LogP contribution < -0.4 is 15.8 Å². The Morgan fingerprint density at radius 1 is 1.30 bits per heavy atom. The zero-order chi connectivity index (χ0) is 16.0. The largest absolute Gasteiger partial charge is 0.326 e. The third-order valence-corrected chi connectivity index (χ3v) is 4.55.